The molecule has 0 saturated heterocycles. The molecule has 2 heterocycles. The number of para-hydroxylation sites is 2. The Balaban J connectivity index is 1.69. The van der Waals surface area contributed by atoms with Crippen molar-refractivity contribution in [2.24, 2.45) is 5.10 Å². The summed E-state index contributed by atoms with van der Waals surface area (Å²) in [4.78, 5) is 12.2. The molecule has 28 heavy (non-hydrogen) atoms. The molecule has 0 saturated carbocycles. The highest BCUT2D eigenvalue weighted by atomic mass is 35.5. The predicted molar refractivity (Wildman–Crippen MR) is 114 cm³/mol. The third kappa shape index (κ3) is 4.11. The van der Waals surface area contributed by atoms with Gasteiger partial charge >= 0.3 is 0 Å². The SMILES string of the molecule is Cc1csc(N/N=C(/C=C/c2ccc(Cl)c(F)c2)c2nc3ccccc3[nH]2)n1. The standard InChI is InChI=1S/C20H15ClFN5S/c1-12-11-28-20(23-12)27-26-18(9-7-13-6-8-14(21)15(22)10-13)19-24-16-4-2-3-5-17(16)25-19/h2-11H,1H3,(H,23,27)(H,24,25)/b9-7+,26-18-. The van der Waals surface area contributed by atoms with E-state index in [1.54, 1.807) is 18.2 Å². The molecule has 0 aliphatic rings. The van der Waals surface area contributed by atoms with E-state index in [1.807, 2.05) is 36.6 Å². The minimum Gasteiger partial charge on any atom is -0.337 e. The lowest BCUT2D eigenvalue weighted by Gasteiger charge is -2.00. The molecule has 2 aromatic heterocycles. The van der Waals surface area contributed by atoms with Crippen LogP contribution in [0.2, 0.25) is 5.02 Å². The number of fused-ring (bicyclic) bond motifs is 1. The fraction of sp³-hybridized carbons (Fsp3) is 0.0500. The number of nitrogens with zero attached hydrogens (tertiary/aromatic N) is 3. The molecule has 140 valence electrons. The first kappa shape index (κ1) is 18.3. The monoisotopic (exact) mass is 411 g/mol. The van der Waals surface area contributed by atoms with Crippen molar-refractivity contribution in [1.82, 2.24) is 15.0 Å². The van der Waals surface area contributed by atoms with Gasteiger partial charge in [0.25, 0.3) is 0 Å². The fourth-order valence-corrected chi connectivity index (χ4v) is 3.30. The van der Waals surface area contributed by atoms with E-state index in [9.17, 15) is 4.39 Å². The van der Waals surface area contributed by atoms with Gasteiger partial charge in [-0.3, -0.25) is 5.43 Å². The molecular formula is C20H15ClFN5S. The van der Waals surface area contributed by atoms with Crippen LogP contribution in [0.1, 0.15) is 17.1 Å². The number of imidazole rings is 1. The number of hydrogen-bond donors (Lipinski definition) is 2. The summed E-state index contributed by atoms with van der Waals surface area (Å²) < 4.78 is 13.7. The Kier molecular flexibility index (Phi) is 5.18. The van der Waals surface area contributed by atoms with Crippen LogP contribution in [0.15, 0.2) is 59.0 Å². The zero-order valence-corrected chi connectivity index (χ0v) is 16.4. The van der Waals surface area contributed by atoms with E-state index in [0.717, 1.165) is 16.7 Å². The molecule has 8 heteroatoms. The van der Waals surface area contributed by atoms with Crippen molar-refractivity contribution >= 4 is 50.9 Å². The van der Waals surface area contributed by atoms with Crippen LogP contribution in [0.4, 0.5) is 9.52 Å². The summed E-state index contributed by atoms with van der Waals surface area (Å²) in [5.74, 6) is 0.120. The Morgan fingerprint density at radius 3 is 2.86 bits per heavy atom. The van der Waals surface area contributed by atoms with Gasteiger partial charge in [-0.05, 0) is 42.8 Å². The van der Waals surface area contributed by atoms with Gasteiger partial charge in [-0.25, -0.2) is 14.4 Å². The lowest BCUT2D eigenvalue weighted by Crippen LogP contribution is -2.03. The number of thiazole rings is 1. The summed E-state index contributed by atoms with van der Waals surface area (Å²) in [6.45, 7) is 1.92. The third-order valence-electron chi connectivity index (χ3n) is 3.90. The maximum absolute atomic E-state index is 13.7. The highest BCUT2D eigenvalue weighted by Gasteiger charge is 2.08. The van der Waals surface area contributed by atoms with Gasteiger partial charge in [-0.15, -0.1) is 11.3 Å². The molecule has 2 N–H and O–H groups in total. The van der Waals surface area contributed by atoms with E-state index in [0.29, 0.717) is 22.2 Å². The molecule has 5 nitrogen and oxygen atoms in total. The molecule has 0 spiro atoms. The summed E-state index contributed by atoms with van der Waals surface area (Å²) in [5.41, 5.74) is 6.83. The van der Waals surface area contributed by atoms with Crippen LogP contribution in [0.25, 0.3) is 17.1 Å². The summed E-state index contributed by atoms with van der Waals surface area (Å²) in [6.07, 6.45) is 3.51. The summed E-state index contributed by atoms with van der Waals surface area (Å²) in [6, 6.07) is 12.3. The van der Waals surface area contributed by atoms with Gasteiger partial charge in [0.1, 0.15) is 11.5 Å². The average Bonchev–Trinajstić information content (AvgIpc) is 3.30. The molecule has 0 fully saturated rings. The Morgan fingerprint density at radius 1 is 1.25 bits per heavy atom. The molecule has 0 aliphatic carbocycles. The average molecular weight is 412 g/mol. The number of aromatic nitrogens is 3. The number of allylic oxidation sites excluding steroid dienone is 1. The van der Waals surface area contributed by atoms with E-state index >= 15 is 0 Å². The molecule has 0 amide bonds. The van der Waals surface area contributed by atoms with Gasteiger partial charge in [0.2, 0.25) is 5.13 Å². The topological polar surface area (TPSA) is 66.0 Å². The van der Waals surface area contributed by atoms with Crippen LogP contribution in [0, 0.1) is 12.7 Å². The van der Waals surface area contributed by atoms with Crippen molar-refractivity contribution < 1.29 is 4.39 Å². The fourth-order valence-electron chi connectivity index (χ4n) is 2.55. The molecule has 0 atom stereocenters. The van der Waals surface area contributed by atoms with Crippen molar-refractivity contribution in [2.45, 2.75) is 6.92 Å². The minimum absolute atomic E-state index is 0.0872. The first-order valence-corrected chi connectivity index (χ1v) is 9.68. The number of anilines is 1. The zero-order valence-electron chi connectivity index (χ0n) is 14.8. The number of rotatable bonds is 5. The number of hydrazone groups is 1. The second kappa shape index (κ2) is 7.92. The first-order chi connectivity index (χ1) is 13.6. The molecule has 0 unspecified atom stereocenters. The normalized spacial score (nSPS) is 12.2. The lowest BCUT2D eigenvalue weighted by molar-refractivity contribution is 0.628. The summed E-state index contributed by atoms with van der Waals surface area (Å²) >= 11 is 7.21. The largest absolute Gasteiger partial charge is 0.337 e. The van der Waals surface area contributed by atoms with Gasteiger partial charge in [-0.2, -0.15) is 5.10 Å². The Labute approximate surface area is 169 Å². The Hall–Kier alpha value is -3.03. The van der Waals surface area contributed by atoms with Crippen LogP contribution in [-0.4, -0.2) is 20.7 Å². The number of benzene rings is 2. The predicted octanol–water partition coefficient (Wildman–Crippen LogP) is 5.65. The molecule has 0 radical (unpaired) electrons. The minimum atomic E-state index is -0.470. The molecule has 4 aromatic rings. The molecule has 2 aromatic carbocycles. The highest BCUT2D eigenvalue weighted by molar-refractivity contribution is 7.13. The van der Waals surface area contributed by atoms with Gasteiger partial charge in [0.05, 0.1) is 21.7 Å². The quantitative estimate of drug-likeness (QED) is 0.329. The van der Waals surface area contributed by atoms with Crippen molar-refractivity contribution in [3.63, 3.8) is 0 Å². The maximum atomic E-state index is 13.7. The van der Waals surface area contributed by atoms with Crippen molar-refractivity contribution in [1.29, 1.82) is 0 Å². The smallest absolute Gasteiger partial charge is 0.203 e. The van der Waals surface area contributed by atoms with Crippen molar-refractivity contribution in [3.8, 4) is 0 Å². The first-order valence-electron chi connectivity index (χ1n) is 8.42. The molecule has 0 bridgehead atoms. The van der Waals surface area contributed by atoms with Crippen molar-refractivity contribution in [3.05, 3.63) is 81.8 Å². The number of hydrogen-bond acceptors (Lipinski definition) is 5. The number of nitrogens with one attached hydrogen (secondary N) is 2. The van der Waals surface area contributed by atoms with E-state index in [-0.39, 0.29) is 5.02 Å². The maximum Gasteiger partial charge on any atom is 0.203 e. The van der Waals surface area contributed by atoms with Gasteiger partial charge in [0.15, 0.2) is 5.82 Å². The summed E-state index contributed by atoms with van der Waals surface area (Å²) in [5, 5.41) is 7.14. The van der Waals surface area contributed by atoms with E-state index in [2.05, 4.69) is 25.5 Å². The van der Waals surface area contributed by atoms with Gasteiger partial charge in [-0.1, -0.05) is 35.9 Å². The van der Waals surface area contributed by atoms with Crippen LogP contribution < -0.4 is 5.43 Å². The second-order valence-corrected chi connectivity index (χ2v) is 7.28. The molecule has 0 aliphatic heterocycles. The van der Waals surface area contributed by atoms with Crippen LogP contribution in [-0.2, 0) is 0 Å². The van der Waals surface area contributed by atoms with Gasteiger partial charge < -0.3 is 4.98 Å². The van der Waals surface area contributed by atoms with Crippen LogP contribution in [0.3, 0.4) is 0 Å². The zero-order chi connectivity index (χ0) is 19.5. The Bertz CT molecular complexity index is 1160. The summed E-state index contributed by atoms with van der Waals surface area (Å²) in [7, 11) is 0. The van der Waals surface area contributed by atoms with E-state index in [1.165, 1.54) is 23.5 Å². The van der Waals surface area contributed by atoms with E-state index < -0.39 is 5.82 Å². The number of halogens is 2. The number of aromatic amines is 1. The highest BCUT2D eigenvalue weighted by Crippen LogP contribution is 2.18. The molecule has 4 rings (SSSR count). The Morgan fingerprint density at radius 2 is 2.11 bits per heavy atom. The van der Waals surface area contributed by atoms with Crippen LogP contribution in [0.5, 0.6) is 0 Å². The van der Waals surface area contributed by atoms with Crippen LogP contribution >= 0.6 is 22.9 Å². The lowest BCUT2D eigenvalue weighted by atomic mass is 10.2. The van der Waals surface area contributed by atoms with Crippen molar-refractivity contribution in [2.75, 3.05) is 5.43 Å². The second-order valence-electron chi connectivity index (χ2n) is 6.01. The van der Waals surface area contributed by atoms with E-state index in [4.69, 9.17) is 11.6 Å². The third-order valence-corrected chi connectivity index (χ3v) is 5.07. The number of aryl methyl sites for hydroxylation is 1. The van der Waals surface area contributed by atoms with Gasteiger partial charge in [0, 0.05) is 5.38 Å². The molecular weight excluding hydrogens is 397 g/mol. The number of H-pyrrole nitrogens is 1.